The average Bonchev–Trinajstić information content (AvgIpc) is 2.35. The zero-order valence-corrected chi connectivity index (χ0v) is 9.38. The van der Waals surface area contributed by atoms with E-state index in [1.165, 1.54) is 25.4 Å². The summed E-state index contributed by atoms with van der Waals surface area (Å²) >= 11 is 0. The van der Waals surface area contributed by atoms with Crippen molar-refractivity contribution < 1.29 is 19.1 Å². The summed E-state index contributed by atoms with van der Waals surface area (Å²) in [5.74, 6) is -1.55. The molecule has 0 radical (unpaired) electrons. The summed E-state index contributed by atoms with van der Waals surface area (Å²) in [7, 11) is 2.32. The van der Waals surface area contributed by atoms with Gasteiger partial charge in [-0.05, 0) is 6.07 Å². The first-order chi connectivity index (χ1) is 8.10. The van der Waals surface area contributed by atoms with Gasteiger partial charge in [0.25, 0.3) is 5.56 Å². The molecular weight excluding hydrogens is 226 g/mol. The molecule has 0 fully saturated rings. The zero-order chi connectivity index (χ0) is 12.8. The van der Waals surface area contributed by atoms with E-state index in [0.29, 0.717) is 0 Å². The maximum Gasteiger partial charge on any atom is 0.355 e. The summed E-state index contributed by atoms with van der Waals surface area (Å²) in [4.78, 5) is 34.1. The maximum atomic E-state index is 11.5. The Balaban J connectivity index is 3.31. The SMILES string of the molecule is COC(=O)/C=C(/C(=O)OC)n1ccccc1=O. The number of carbonyl (C=O) groups is 2. The van der Waals surface area contributed by atoms with Crippen molar-refractivity contribution in [3.63, 3.8) is 0 Å². The van der Waals surface area contributed by atoms with Gasteiger partial charge in [0.15, 0.2) is 0 Å². The summed E-state index contributed by atoms with van der Waals surface area (Å²) in [5.41, 5.74) is -0.655. The Morgan fingerprint density at radius 3 is 2.47 bits per heavy atom. The number of hydrogen-bond acceptors (Lipinski definition) is 5. The summed E-state index contributed by atoms with van der Waals surface area (Å²) in [6.45, 7) is 0. The predicted octanol–water partition coefficient (Wildman–Crippen LogP) is 0.0352. The van der Waals surface area contributed by atoms with Crippen molar-refractivity contribution >= 4 is 17.6 Å². The molecule has 0 spiro atoms. The van der Waals surface area contributed by atoms with E-state index >= 15 is 0 Å². The van der Waals surface area contributed by atoms with Gasteiger partial charge in [-0.25, -0.2) is 9.59 Å². The highest BCUT2D eigenvalue weighted by Crippen LogP contribution is 2.04. The molecule has 6 heteroatoms. The van der Waals surface area contributed by atoms with E-state index in [9.17, 15) is 14.4 Å². The monoisotopic (exact) mass is 237 g/mol. The van der Waals surface area contributed by atoms with Gasteiger partial charge in [0.2, 0.25) is 0 Å². The van der Waals surface area contributed by atoms with Crippen LogP contribution in [0.15, 0.2) is 35.3 Å². The summed E-state index contributed by atoms with van der Waals surface area (Å²) in [6, 6.07) is 4.33. The number of nitrogens with zero attached hydrogens (tertiary/aromatic N) is 1. The molecule has 17 heavy (non-hydrogen) atoms. The van der Waals surface area contributed by atoms with E-state index in [1.807, 2.05) is 0 Å². The van der Waals surface area contributed by atoms with Crippen LogP contribution in [0.2, 0.25) is 0 Å². The average molecular weight is 237 g/mol. The first-order valence-corrected chi connectivity index (χ1v) is 4.66. The molecule has 0 amide bonds. The smallest absolute Gasteiger partial charge is 0.355 e. The van der Waals surface area contributed by atoms with E-state index < -0.39 is 17.5 Å². The van der Waals surface area contributed by atoms with Crippen LogP contribution < -0.4 is 5.56 Å². The van der Waals surface area contributed by atoms with Crippen LogP contribution in [-0.2, 0) is 19.1 Å². The third kappa shape index (κ3) is 3.04. The van der Waals surface area contributed by atoms with Crippen molar-refractivity contribution in [2.75, 3.05) is 14.2 Å². The Bertz CT molecular complexity index is 515. The van der Waals surface area contributed by atoms with E-state index in [1.54, 1.807) is 6.07 Å². The van der Waals surface area contributed by atoms with E-state index in [2.05, 4.69) is 9.47 Å². The van der Waals surface area contributed by atoms with Gasteiger partial charge in [-0.15, -0.1) is 0 Å². The van der Waals surface area contributed by atoms with Crippen molar-refractivity contribution in [2.45, 2.75) is 0 Å². The largest absolute Gasteiger partial charge is 0.466 e. The number of aromatic nitrogens is 1. The molecule has 1 rings (SSSR count). The summed E-state index contributed by atoms with van der Waals surface area (Å²) in [6.07, 6.45) is 2.25. The fraction of sp³-hybridized carbons (Fsp3) is 0.182. The Labute approximate surface area is 97.1 Å². The first kappa shape index (κ1) is 12.7. The highest BCUT2D eigenvalue weighted by molar-refractivity contribution is 6.14. The van der Waals surface area contributed by atoms with Gasteiger partial charge in [0.1, 0.15) is 5.70 Å². The number of ether oxygens (including phenoxy) is 2. The molecule has 0 saturated heterocycles. The normalized spacial score (nSPS) is 10.8. The van der Waals surface area contributed by atoms with Gasteiger partial charge in [-0.1, -0.05) is 6.07 Å². The molecule has 0 saturated carbocycles. The molecule has 1 aromatic heterocycles. The van der Waals surface area contributed by atoms with Gasteiger partial charge in [0, 0.05) is 12.3 Å². The van der Waals surface area contributed by atoms with Crippen molar-refractivity contribution in [3.8, 4) is 0 Å². The molecule has 0 atom stereocenters. The van der Waals surface area contributed by atoms with E-state index in [-0.39, 0.29) is 5.70 Å². The van der Waals surface area contributed by atoms with Crippen molar-refractivity contribution in [1.29, 1.82) is 0 Å². The quantitative estimate of drug-likeness (QED) is 0.548. The summed E-state index contributed by atoms with van der Waals surface area (Å²) < 4.78 is 9.89. The van der Waals surface area contributed by atoms with Crippen LogP contribution >= 0.6 is 0 Å². The number of rotatable bonds is 3. The molecule has 1 aromatic rings. The van der Waals surface area contributed by atoms with Gasteiger partial charge >= 0.3 is 11.9 Å². The molecule has 0 aliphatic rings. The highest BCUT2D eigenvalue weighted by atomic mass is 16.5. The van der Waals surface area contributed by atoms with Crippen LogP contribution in [0.25, 0.3) is 5.70 Å². The highest BCUT2D eigenvalue weighted by Gasteiger charge is 2.15. The Kier molecular flexibility index (Phi) is 4.21. The lowest BCUT2D eigenvalue weighted by Gasteiger charge is -2.07. The van der Waals surface area contributed by atoms with Crippen LogP contribution in [0.1, 0.15) is 0 Å². The second kappa shape index (κ2) is 5.64. The number of esters is 2. The first-order valence-electron chi connectivity index (χ1n) is 4.66. The Hall–Kier alpha value is -2.37. The van der Waals surface area contributed by atoms with E-state index in [0.717, 1.165) is 17.8 Å². The Morgan fingerprint density at radius 2 is 1.94 bits per heavy atom. The molecule has 0 aliphatic carbocycles. The van der Waals surface area contributed by atoms with Crippen molar-refractivity contribution in [2.24, 2.45) is 0 Å². The lowest BCUT2D eigenvalue weighted by molar-refractivity contribution is -0.137. The number of pyridine rings is 1. The van der Waals surface area contributed by atoms with Crippen molar-refractivity contribution in [3.05, 3.63) is 40.8 Å². The van der Waals surface area contributed by atoms with Crippen molar-refractivity contribution in [1.82, 2.24) is 4.57 Å². The standard InChI is InChI=1S/C11H11NO5/c1-16-10(14)7-8(11(15)17-2)12-6-4-3-5-9(12)13/h3-7H,1-2H3/b8-7-. The van der Waals surface area contributed by atoms with Gasteiger partial charge < -0.3 is 9.47 Å². The minimum atomic E-state index is -0.802. The molecular formula is C11H11NO5. The summed E-state index contributed by atoms with van der Waals surface area (Å²) in [5, 5.41) is 0. The third-order valence-corrected chi connectivity index (χ3v) is 1.93. The molecule has 0 aromatic carbocycles. The third-order valence-electron chi connectivity index (χ3n) is 1.93. The van der Waals surface area contributed by atoms with Crippen LogP contribution in [0.3, 0.4) is 0 Å². The second-order valence-corrected chi connectivity index (χ2v) is 2.95. The van der Waals surface area contributed by atoms with Crippen LogP contribution in [0.5, 0.6) is 0 Å². The predicted molar refractivity (Wildman–Crippen MR) is 59.0 cm³/mol. The minimum Gasteiger partial charge on any atom is -0.466 e. The number of methoxy groups -OCH3 is 2. The van der Waals surface area contributed by atoms with Crippen LogP contribution in [0, 0.1) is 0 Å². The minimum absolute atomic E-state index is 0.204. The molecule has 0 unspecified atom stereocenters. The molecule has 6 nitrogen and oxygen atoms in total. The molecule has 90 valence electrons. The van der Waals surface area contributed by atoms with Gasteiger partial charge in [-0.3, -0.25) is 9.36 Å². The number of carbonyl (C=O) groups excluding carboxylic acids is 2. The molecule has 1 heterocycles. The number of hydrogen-bond donors (Lipinski definition) is 0. The van der Waals surface area contributed by atoms with Crippen LogP contribution in [0.4, 0.5) is 0 Å². The van der Waals surface area contributed by atoms with Gasteiger partial charge in [0.05, 0.1) is 20.3 Å². The fourth-order valence-electron chi connectivity index (χ4n) is 1.13. The lowest BCUT2D eigenvalue weighted by atomic mass is 10.3. The molecule has 0 bridgehead atoms. The Morgan fingerprint density at radius 1 is 1.24 bits per heavy atom. The lowest BCUT2D eigenvalue weighted by Crippen LogP contribution is -2.23. The van der Waals surface area contributed by atoms with E-state index in [4.69, 9.17) is 0 Å². The van der Waals surface area contributed by atoms with Gasteiger partial charge in [-0.2, -0.15) is 0 Å². The second-order valence-electron chi connectivity index (χ2n) is 2.95. The molecule has 0 aliphatic heterocycles. The zero-order valence-electron chi connectivity index (χ0n) is 9.38. The van der Waals surface area contributed by atoms with Crippen LogP contribution in [-0.4, -0.2) is 30.7 Å². The molecule has 0 N–H and O–H groups in total. The topological polar surface area (TPSA) is 74.6 Å². The fourth-order valence-corrected chi connectivity index (χ4v) is 1.13. The maximum absolute atomic E-state index is 11.5.